The van der Waals surface area contributed by atoms with Gasteiger partial charge >= 0.3 is 39.5 Å². The Hall–Kier alpha value is -1.94. The van der Waals surface area contributed by atoms with Crippen molar-refractivity contribution in [3.8, 4) is 0 Å². The van der Waals surface area contributed by atoms with Crippen LogP contribution < -0.4 is 0 Å². The molecule has 0 aromatic rings. The molecule has 0 aromatic carbocycles. The summed E-state index contributed by atoms with van der Waals surface area (Å²) in [7, 11) is -9.91. The molecule has 0 fully saturated rings. The van der Waals surface area contributed by atoms with Gasteiger partial charge in [-0.3, -0.25) is 37.3 Å². The number of aliphatic hydroxyl groups excluding tert-OH is 1. The van der Waals surface area contributed by atoms with Crippen LogP contribution in [0.25, 0.3) is 0 Å². The van der Waals surface area contributed by atoms with Crippen LogP contribution in [0.5, 0.6) is 0 Å². The van der Waals surface area contributed by atoms with Crippen molar-refractivity contribution in [2.45, 2.75) is 445 Å². The second-order valence-corrected chi connectivity index (χ2v) is 32.8. The first kappa shape index (κ1) is 98.1. The Balaban J connectivity index is 5.15. The Morgan fingerprint density at radius 3 is 0.760 bits per heavy atom. The lowest BCUT2D eigenvalue weighted by atomic mass is 9.99. The number of hydrogen-bond acceptors (Lipinski definition) is 15. The van der Waals surface area contributed by atoms with E-state index in [2.05, 4.69) is 41.5 Å². The summed E-state index contributed by atoms with van der Waals surface area (Å²) in [5, 5.41) is 10.6. The summed E-state index contributed by atoms with van der Waals surface area (Å²) < 4.78 is 68.6. The van der Waals surface area contributed by atoms with Gasteiger partial charge in [0, 0.05) is 25.7 Å². The second kappa shape index (κ2) is 72.6. The molecule has 594 valence electrons. The molecule has 0 aliphatic heterocycles. The zero-order valence-electron chi connectivity index (χ0n) is 65.5. The van der Waals surface area contributed by atoms with Crippen molar-refractivity contribution in [3.63, 3.8) is 0 Å². The van der Waals surface area contributed by atoms with Crippen molar-refractivity contribution in [2.24, 2.45) is 11.8 Å². The SMILES string of the molecule is CCCCCCCCCCCCCCCCCCCCCC(=O)OC[C@H](COP(=O)(O)OC[C@@H](O)COP(=O)(O)OC[C@@H](COC(=O)CCCCCCCCC)OC(=O)CCCCCCCCCCCC(C)C)OC(=O)CCCCCCCCCCCCCCCCCCCCC(C)CC. The first-order chi connectivity index (χ1) is 48.4. The van der Waals surface area contributed by atoms with Crippen LogP contribution in [-0.4, -0.2) is 96.7 Å². The minimum atomic E-state index is -4.96. The van der Waals surface area contributed by atoms with E-state index in [4.69, 9.17) is 37.0 Å². The highest BCUT2D eigenvalue weighted by molar-refractivity contribution is 7.47. The van der Waals surface area contributed by atoms with Crippen molar-refractivity contribution in [2.75, 3.05) is 39.6 Å². The standard InChI is InChI=1S/C81H158O17P2/c1-7-10-12-14-16-17-18-19-20-21-22-26-29-32-35-40-46-52-58-64-79(84)92-70-77(98-80(85)65-59-53-47-41-36-33-30-27-24-23-25-28-31-34-39-45-50-56-62-74(6)9-3)72-96-100(89,90)94-68-75(82)67-93-99(87,88)95-71-76(69-91-78(83)63-57-51-43-15-13-11-8-2)97-81(86)66-60-54-48-42-37-38-44-49-55-61-73(4)5/h73-77,82H,7-72H2,1-6H3,(H,87,88)(H,89,90)/t74?,75-,76+,77+/m0/s1. The number of aliphatic hydroxyl groups is 1. The van der Waals surface area contributed by atoms with Crippen LogP contribution in [0.15, 0.2) is 0 Å². The topological polar surface area (TPSA) is 237 Å². The molecule has 19 heteroatoms. The number of rotatable bonds is 80. The normalized spacial score (nSPS) is 14.2. The Labute approximate surface area is 613 Å². The molecule has 0 saturated carbocycles. The average molecular weight is 1470 g/mol. The number of esters is 4. The van der Waals surface area contributed by atoms with Crippen LogP contribution >= 0.6 is 15.6 Å². The Morgan fingerprint density at radius 1 is 0.290 bits per heavy atom. The number of unbranched alkanes of at least 4 members (excludes halogenated alkanes) is 49. The van der Waals surface area contributed by atoms with Crippen LogP contribution in [0.4, 0.5) is 0 Å². The first-order valence-electron chi connectivity index (χ1n) is 42.0. The van der Waals surface area contributed by atoms with E-state index >= 15 is 0 Å². The molecule has 0 saturated heterocycles. The maximum absolute atomic E-state index is 13.1. The number of ether oxygens (including phenoxy) is 4. The highest BCUT2D eigenvalue weighted by Gasteiger charge is 2.30. The summed E-state index contributed by atoms with van der Waals surface area (Å²) in [5.41, 5.74) is 0. The van der Waals surface area contributed by atoms with Crippen molar-refractivity contribution >= 4 is 39.5 Å². The predicted octanol–water partition coefficient (Wildman–Crippen LogP) is 24.3. The van der Waals surface area contributed by atoms with E-state index < -0.39 is 97.5 Å². The molecule has 0 bridgehead atoms. The fourth-order valence-electron chi connectivity index (χ4n) is 12.5. The van der Waals surface area contributed by atoms with E-state index in [1.54, 1.807) is 0 Å². The lowest BCUT2D eigenvalue weighted by Gasteiger charge is -2.21. The smallest absolute Gasteiger partial charge is 0.462 e. The number of carbonyl (C=O) groups excluding carboxylic acids is 4. The van der Waals surface area contributed by atoms with Crippen LogP contribution in [0.1, 0.15) is 427 Å². The quantitative estimate of drug-likeness (QED) is 0.0222. The van der Waals surface area contributed by atoms with Gasteiger partial charge in [-0.25, -0.2) is 9.13 Å². The molecule has 100 heavy (non-hydrogen) atoms. The van der Waals surface area contributed by atoms with E-state index in [0.29, 0.717) is 25.7 Å². The Kier molecular flexibility index (Phi) is 71.2. The lowest BCUT2D eigenvalue weighted by Crippen LogP contribution is -2.30. The molecule has 0 rings (SSSR count). The van der Waals surface area contributed by atoms with E-state index in [-0.39, 0.29) is 25.7 Å². The highest BCUT2D eigenvalue weighted by Crippen LogP contribution is 2.45. The Bertz CT molecular complexity index is 1930. The summed E-state index contributed by atoms with van der Waals surface area (Å²) >= 11 is 0. The number of phosphoric ester groups is 2. The van der Waals surface area contributed by atoms with Gasteiger partial charge in [0.25, 0.3) is 0 Å². The molecular weight excluding hydrogens is 1310 g/mol. The van der Waals surface area contributed by atoms with Gasteiger partial charge < -0.3 is 33.8 Å². The van der Waals surface area contributed by atoms with Crippen molar-refractivity contribution in [3.05, 3.63) is 0 Å². The zero-order chi connectivity index (χ0) is 73.5. The molecule has 0 radical (unpaired) electrons. The predicted molar refractivity (Wildman–Crippen MR) is 409 cm³/mol. The molecule has 0 amide bonds. The summed E-state index contributed by atoms with van der Waals surface area (Å²) in [6.45, 7) is 9.63. The molecular formula is C81H158O17P2. The maximum atomic E-state index is 13.1. The fraction of sp³-hybridized carbons (Fsp3) is 0.951. The first-order valence-corrected chi connectivity index (χ1v) is 45.0. The average Bonchev–Trinajstić information content (AvgIpc) is 0.951. The third kappa shape index (κ3) is 73.0. The summed E-state index contributed by atoms with van der Waals surface area (Å²) in [4.78, 5) is 72.8. The molecule has 3 N–H and O–H groups in total. The van der Waals surface area contributed by atoms with Gasteiger partial charge in [0.15, 0.2) is 12.2 Å². The van der Waals surface area contributed by atoms with E-state index in [1.807, 2.05) is 0 Å². The van der Waals surface area contributed by atoms with E-state index in [1.165, 1.54) is 231 Å². The number of carbonyl (C=O) groups is 4. The van der Waals surface area contributed by atoms with Crippen LogP contribution in [0.3, 0.4) is 0 Å². The van der Waals surface area contributed by atoms with Crippen LogP contribution in [0.2, 0.25) is 0 Å². The van der Waals surface area contributed by atoms with Crippen molar-refractivity contribution in [1.82, 2.24) is 0 Å². The van der Waals surface area contributed by atoms with E-state index in [9.17, 15) is 43.2 Å². The fourth-order valence-corrected chi connectivity index (χ4v) is 14.1. The van der Waals surface area contributed by atoms with E-state index in [0.717, 1.165) is 115 Å². The van der Waals surface area contributed by atoms with Gasteiger partial charge in [-0.15, -0.1) is 0 Å². The second-order valence-electron chi connectivity index (χ2n) is 29.9. The maximum Gasteiger partial charge on any atom is 0.472 e. The van der Waals surface area contributed by atoms with Gasteiger partial charge in [0.05, 0.1) is 26.4 Å². The minimum absolute atomic E-state index is 0.105. The molecule has 0 spiro atoms. The van der Waals surface area contributed by atoms with Crippen molar-refractivity contribution in [1.29, 1.82) is 0 Å². The minimum Gasteiger partial charge on any atom is -0.462 e. The highest BCUT2D eigenvalue weighted by atomic mass is 31.2. The molecule has 0 aliphatic rings. The molecule has 17 nitrogen and oxygen atoms in total. The lowest BCUT2D eigenvalue weighted by molar-refractivity contribution is -0.161. The monoisotopic (exact) mass is 1470 g/mol. The summed E-state index contributed by atoms with van der Waals surface area (Å²) in [5.74, 6) is -0.508. The molecule has 0 aromatic heterocycles. The molecule has 3 unspecified atom stereocenters. The van der Waals surface area contributed by atoms with Gasteiger partial charge in [0.1, 0.15) is 19.3 Å². The summed E-state index contributed by atoms with van der Waals surface area (Å²) in [6.07, 6.45) is 62.7. The van der Waals surface area contributed by atoms with Crippen LogP contribution in [0, 0.1) is 11.8 Å². The van der Waals surface area contributed by atoms with Gasteiger partial charge in [-0.1, -0.05) is 375 Å². The van der Waals surface area contributed by atoms with Crippen LogP contribution in [-0.2, 0) is 65.4 Å². The zero-order valence-corrected chi connectivity index (χ0v) is 67.3. The number of hydrogen-bond donors (Lipinski definition) is 3. The van der Waals surface area contributed by atoms with Gasteiger partial charge in [-0.05, 0) is 37.5 Å². The molecule has 0 heterocycles. The third-order valence-corrected chi connectivity index (χ3v) is 21.2. The molecule has 6 atom stereocenters. The number of phosphoric acid groups is 2. The summed E-state index contributed by atoms with van der Waals surface area (Å²) in [6, 6.07) is 0. The van der Waals surface area contributed by atoms with Crippen molar-refractivity contribution < 1.29 is 80.2 Å². The van der Waals surface area contributed by atoms with Gasteiger partial charge in [0.2, 0.25) is 0 Å². The van der Waals surface area contributed by atoms with Gasteiger partial charge in [-0.2, -0.15) is 0 Å². The Morgan fingerprint density at radius 2 is 0.510 bits per heavy atom. The molecule has 0 aliphatic carbocycles. The largest absolute Gasteiger partial charge is 0.472 e. The third-order valence-electron chi connectivity index (χ3n) is 19.3.